The molecule has 29 heavy (non-hydrogen) atoms. The summed E-state index contributed by atoms with van der Waals surface area (Å²) >= 11 is 0. The lowest BCUT2D eigenvalue weighted by molar-refractivity contribution is 0.139. The van der Waals surface area contributed by atoms with E-state index in [4.69, 9.17) is 11.2 Å². The van der Waals surface area contributed by atoms with Gasteiger partial charge in [0.25, 0.3) is 0 Å². The van der Waals surface area contributed by atoms with Crippen LogP contribution in [0.15, 0.2) is 42.7 Å². The third-order valence-electron chi connectivity index (χ3n) is 4.64. The van der Waals surface area contributed by atoms with Gasteiger partial charge in [0.1, 0.15) is 23.2 Å². The Bertz CT molecular complexity index is 1150. The lowest BCUT2D eigenvalue weighted by Gasteiger charge is -2.28. The molecule has 0 unspecified atom stereocenters. The molecule has 0 spiro atoms. The molecule has 1 aromatic heterocycles. The Morgan fingerprint density at radius 3 is 2.69 bits per heavy atom. The van der Waals surface area contributed by atoms with Gasteiger partial charge >= 0.3 is 6.09 Å². The molecule has 2 aromatic carbocycles. The van der Waals surface area contributed by atoms with Gasteiger partial charge in [-0.05, 0) is 30.3 Å². The Morgan fingerprint density at radius 2 is 1.93 bits per heavy atom. The average molecular weight is 397 g/mol. The van der Waals surface area contributed by atoms with Crippen LogP contribution in [0.1, 0.15) is 11.3 Å². The zero-order valence-electron chi connectivity index (χ0n) is 15.0. The Kier molecular flexibility index (Phi) is 4.72. The molecule has 0 bridgehead atoms. The molecular weight excluding hydrogens is 383 g/mol. The molecule has 1 amide bonds. The van der Waals surface area contributed by atoms with Gasteiger partial charge in [-0.2, -0.15) is 0 Å². The zero-order chi connectivity index (χ0) is 20.5. The summed E-state index contributed by atoms with van der Waals surface area (Å²) < 4.78 is 48.0. The van der Waals surface area contributed by atoms with Gasteiger partial charge in [0.05, 0.1) is 29.8 Å². The summed E-state index contributed by atoms with van der Waals surface area (Å²) in [5.41, 5.74) is 1.06. The molecule has 4 rings (SSSR count). The van der Waals surface area contributed by atoms with Gasteiger partial charge in [-0.15, -0.1) is 6.42 Å². The molecule has 0 aliphatic carbocycles. The summed E-state index contributed by atoms with van der Waals surface area (Å²) in [6, 6.07) is 6.94. The molecule has 0 saturated heterocycles. The number of aromatic nitrogens is 2. The standard InChI is InChI=1S/C21H14F3N3O2/c1-2-13-9-15(4-6-17(13)23)29-21(28)26-7-8-27-12-25-20(19(27)11-26)16-5-3-14(22)10-18(16)24/h1,3-6,9-10,12H,7-8,11H2. The number of carbonyl (C=O) groups is 1. The highest BCUT2D eigenvalue weighted by Crippen LogP contribution is 2.29. The van der Waals surface area contributed by atoms with Gasteiger partial charge < -0.3 is 14.2 Å². The Balaban J connectivity index is 1.56. The van der Waals surface area contributed by atoms with Crippen LogP contribution < -0.4 is 4.74 Å². The summed E-state index contributed by atoms with van der Waals surface area (Å²) in [7, 11) is 0. The summed E-state index contributed by atoms with van der Waals surface area (Å²) in [4.78, 5) is 18.2. The van der Waals surface area contributed by atoms with Crippen molar-refractivity contribution in [3.05, 3.63) is 71.4 Å². The summed E-state index contributed by atoms with van der Waals surface area (Å²) in [5.74, 6) is 0.293. The summed E-state index contributed by atoms with van der Waals surface area (Å²) in [6.45, 7) is 0.893. The highest BCUT2D eigenvalue weighted by Gasteiger charge is 2.27. The molecule has 1 aliphatic rings. The highest BCUT2D eigenvalue weighted by atomic mass is 19.1. The summed E-state index contributed by atoms with van der Waals surface area (Å²) in [6.07, 6.45) is 6.12. The molecule has 0 saturated carbocycles. The van der Waals surface area contributed by atoms with E-state index in [1.54, 1.807) is 10.9 Å². The van der Waals surface area contributed by atoms with E-state index in [-0.39, 0.29) is 23.4 Å². The predicted octanol–water partition coefficient (Wildman–Crippen LogP) is 3.96. The number of rotatable bonds is 2. The van der Waals surface area contributed by atoms with Crippen LogP contribution in [0.5, 0.6) is 5.75 Å². The maximum Gasteiger partial charge on any atom is 0.415 e. The number of halogens is 3. The van der Waals surface area contributed by atoms with Gasteiger partial charge in [-0.3, -0.25) is 0 Å². The second-order valence-electron chi connectivity index (χ2n) is 6.43. The van der Waals surface area contributed by atoms with Gasteiger partial charge in [-0.1, -0.05) is 5.92 Å². The van der Waals surface area contributed by atoms with E-state index < -0.39 is 23.5 Å². The van der Waals surface area contributed by atoms with Crippen molar-refractivity contribution < 1.29 is 22.7 Å². The van der Waals surface area contributed by atoms with Crippen LogP contribution in [0.4, 0.5) is 18.0 Å². The molecule has 2 heterocycles. The molecule has 3 aromatic rings. The van der Waals surface area contributed by atoms with E-state index in [0.29, 0.717) is 24.5 Å². The second-order valence-corrected chi connectivity index (χ2v) is 6.43. The minimum atomic E-state index is -0.737. The monoisotopic (exact) mass is 397 g/mol. The van der Waals surface area contributed by atoms with E-state index in [9.17, 15) is 18.0 Å². The number of hydrogen-bond donors (Lipinski definition) is 0. The molecule has 1 aliphatic heterocycles. The number of hydrogen-bond acceptors (Lipinski definition) is 3. The minimum Gasteiger partial charge on any atom is -0.410 e. The number of nitrogens with zero attached hydrogens (tertiary/aromatic N) is 3. The summed E-state index contributed by atoms with van der Waals surface area (Å²) in [5, 5.41) is 0. The fourth-order valence-corrected chi connectivity index (χ4v) is 3.16. The van der Waals surface area contributed by atoms with Crippen LogP contribution in [0.25, 0.3) is 11.3 Å². The smallest absolute Gasteiger partial charge is 0.410 e. The number of terminal acetylenes is 1. The van der Waals surface area contributed by atoms with Crippen molar-refractivity contribution in [2.45, 2.75) is 13.1 Å². The fourth-order valence-electron chi connectivity index (χ4n) is 3.16. The first-order chi connectivity index (χ1) is 14.0. The van der Waals surface area contributed by atoms with Crippen molar-refractivity contribution in [3.8, 4) is 29.4 Å². The fraction of sp³-hybridized carbons (Fsp3) is 0.143. The van der Waals surface area contributed by atoms with Crippen LogP contribution in [-0.4, -0.2) is 27.1 Å². The van der Waals surface area contributed by atoms with Crippen molar-refractivity contribution >= 4 is 6.09 Å². The van der Waals surface area contributed by atoms with Gasteiger partial charge in [0.2, 0.25) is 0 Å². The largest absolute Gasteiger partial charge is 0.415 e. The number of ether oxygens (including phenoxy) is 1. The van der Waals surface area contributed by atoms with Crippen molar-refractivity contribution in [1.82, 2.24) is 14.5 Å². The zero-order valence-corrected chi connectivity index (χ0v) is 15.0. The van der Waals surface area contributed by atoms with Gasteiger partial charge in [0.15, 0.2) is 0 Å². The molecule has 5 nitrogen and oxygen atoms in total. The van der Waals surface area contributed by atoms with E-state index >= 15 is 0 Å². The van der Waals surface area contributed by atoms with Crippen LogP contribution in [0.2, 0.25) is 0 Å². The average Bonchev–Trinajstić information content (AvgIpc) is 3.12. The quantitative estimate of drug-likeness (QED) is 0.615. The van der Waals surface area contributed by atoms with Crippen LogP contribution in [0.3, 0.4) is 0 Å². The first-order valence-electron chi connectivity index (χ1n) is 8.68. The van der Waals surface area contributed by atoms with Crippen LogP contribution >= 0.6 is 0 Å². The van der Waals surface area contributed by atoms with Crippen molar-refractivity contribution in [3.63, 3.8) is 0 Å². The lowest BCUT2D eigenvalue weighted by Crippen LogP contribution is -2.39. The third-order valence-corrected chi connectivity index (χ3v) is 4.64. The molecule has 8 heteroatoms. The number of fused-ring (bicyclic) bond motifs is 1. The number of benzene rings is 2. The lowest BCUT2D eigenvalue weighted by atomic mass is 10.1. The third kappa shape index (κ3) is 3.55. The number of amides is 1. The maximum atomic E-state index is 14.2. The first-order valence-corrected chi connectivity index (χ1v) is 8.68. The molecule has 0 N–H and O–H groups in total. The van der Waals surface area contributed by atoms with Crippen molar-refractivity contribution in [1.29, 1.82) is 0 Å². The normalized spacial score (nSPS) is 13.0. The second kappa shape index (κ2) is 7.36. The highest BCUT2D eigenvalue weighted by molar-refractivity contribution is 5.72. The maximum absolute atomic E-state index is 14.2. The molecule has 146 valence electrons. The topological polar surface area (TPSA) is 47.4 Å². The Labute approximate surface area is 164 Å². The molecular formula is C21H14F3N3O2. The van der Waals surface area contributed by atoms with Crippen molar-refractivity contribution in [2.24, 2.45) is 0 Å². The van der Waals surface area contributed by atoms with Crippen LogP contribution in [0, 0.1) is 29.8 Å². The molecule has 0 atom stereocenters. The van der Waals surface area contributed by atoms with E-state index in [1.165, 1.54) is 23.1 Å². The van der Waals surface area contributed by atoms with E-state index in [1.807, 2.05) is 0 Å². The predicted molar refractivity (Wildman–Crippen MR) is 98.3 cm³/mol. The molecule has 0 fully saturated rings. The Morgan fingerprint density at radius 1 is 1.10 bits per heavy atom. The SMILES string of the molecule is C#Cc1cc(OC(=O)N2CCn3cnc(-c4ccc(F)cc4F)c3C2)ccc1F. The van der Waals surface area contributed by atoms with Crippen LogP contribution in [-0.2, 0) is 13.1 Å². The van der Waals surface area contributed by atoms with E-state index in [0.717, 1.165) is 18.2 Å². The Hall–Kier alpha value is -3.73. The number of imidazole rings is 1. The minimum absolute atomic E-state index is 0.0129. The first kappa shape index (κ1) is 18.6. The van der Waals surface area contributed by atoms with E-state index in [2.05, 4.69) is 10.9 Å². The van der Waals surface area contributed by atoms with Gasteiger partial charge in [0, 0.05) is 24.7 Å². The number of carbonyl (C=O) groups excluding carboxylic acids is 1. The molecule has 0 radical (unpaired) electrons. The van der Waals surface area contributed by atoms with Crippen molar-refractivity contribution in [2.75, 3.05) is 6.54 Å². The van der Waals surface area contributed by atoms with Gasteiger partial charge in [-0.25, -0.2) is 22.9 Å².